The lowest BCUT2D eigenvalue weighted by Gasteiger charge is -2.13. The fraction of sp³-hybridized carbons (Fsp3) is 0.227. The van der Waals surface area contributed by atoms with Crippen molar-refractivity contribution in [2.75, 3.05) is 11.9 Å². The molecule has 6 nitrogen and oxygen atoms in total. The number of carbonyl (C=O) groups is 1. The third-order valence-electron chi connectivity index (χ3n) is 4.28. The number of nitrogens with one attached hydrogen (secondary N) is 1. The van der Waals surface area contributed by atoms with Crippen LogP contribution >= 0.6 is 0 Å². The molecule has 3 rings (SSSR count). The summed E-state index contributed by atoms with van der Waals surface area (Å²) in [5.41, 5.74) is 3.95. The smallest absolute Gasteiger partial charge is 0.360 e. The first-order valence-corrected chi connectivity index (χ1v) is 9.16. The van der Waals surface area contributed by atoms with Crippen molar-refractivity contribution < 1.29 is 9.53 Å². The van der Waals surface area contributed by atoms with Crippen molar-refractivity contribution >= 4 is 11.7 Å². The molecule has 0 atom stereocenters. The second-order valence-electron chi connectivity index (χ2n) is 6.55. The Labute approximate surface area is 163 Å². The van der Waals surface area contributed by atoms with Gasteiger partial charge in [-0.3, -0.25) is 4.79 Å². The molecule has 0 spiro atoms. The maximum atomic E-state index is 12.6. The summed E-state index contributed by atoms with van der Waals surface area (Å²) < 4.78 is 6.34. The zero-order chi connectivity index (χ0) is 20.1. The number of esters is 1. The SMILES string of the molecule is CCOC(=O)c1nn(-c2ccc(C)cc2)c(=O)cc1NCc1ccc(C)cc1. The Hall–Kier alpha value is -3.41. The second-order valence-corrected chi connectivity index (χ2v) is 6.55. The van der Waals surface area contributed by atoms with Crippen LogP contribution in [0.4, 0.5) is 5.69 Å². The van der Waals surface area contributed by atoms with Gasteiger partial charge in [0.25, 0.3) is 5.56 Å². The van der Waals surface area contributed by atoms with E-state index in [9.17, 15) is 9.59 Å². The highest BCUT2D eigenvalue weighted by molar-refractivity contribution is 5.93. The Morgan fingerprint density at radius 1 is 1.04 bits per heavy atom. The van der Waals surface area contributed by atoms with Crippen molar-refractivity contribution in [3.63, 3.8) is 0 Å². The highest BCUT2D eigenvalue weighted by atomic mass is 16.5. The fourth-order valence-electron chi connectivity index (χ4n) is 2.72. The molecular formula is C22H23N3O3. The summed E-state index contributed by atoms with van der Waals surface area (Å²) in [4.78, 5) is 25.1. The van der Waals surface area contributed by atoms with Gasteiger partial charge in [-0.1, -0.05) is 47.5 Å². The number of carbonyl (C=O) groups excluding carboxylic acids is 1. The molecule has 144 valence electrons. The number of anilines is 1. The average Bonchev–Trinajstić information content (AvgIpc) is 2.68. The molecule has 0 bridgehead atoms. The number of aryl methyl sites for hydroxylation is 2. The number of nitrogens with zero attached hydrogens (tertiary/aromatic N) is 2. The molecule has 0 radical (unpaired) electrons. The maximum absolute atomic E-state index is 12.6. The molecule has 6 heteroatoms. The predicted octanol–water partition coefficient (Wildman–Crippen LogP) is 3.64. The van der Waals surface area contributed by atoms with Gasteiger partial charge in [-0.05, 0) is 38.5 Å². The molecule has 0 aliphatic rings. The van der Waals surface area contributed by atoms with E-state index < -0.39 is 5.97 Å². The second kappa shape index (κ2) is 8.52. The van der Waals surface area contributed by atoms with Gasteiger partial charge in [-0.15, -0.1) is 0 Å². The Morgan fingerprint density at radius 2 is 1.64 bits per heavy atom. The van der Waals surface area contributed by atoms with Crippen LogP contribution < -0.4 is 10.9 Å². The topological polar surface area (TPSA) is 73.2 Å². The van der Waals surface area contributed by atoms with Crippen LogP contribution in [0.5, 0.6) is 0 Å². The van der Waals surface area contributed by atoms with Gasteiger partial charge in [0.1, 0.15) is 0 Å². The lowest BCUT2D eigenvalue weighted by atomic mass is 10.1. The van der Waals surface area contributed by atoms with Gasteiger partial charge in [0.15, 0.2) is 5.69 Å². The van der Waals surface area contributed by atoms with Gasteiger partial charge in [0.05, 0.1) is 18.0 Å². The van der Waals surface area contributed by atoms with Crippen molar-refractivity contribution in [2.24, 2.45) is 0 Å². The van der Waals surface area contributed by atoms with Crippen molar-refractivity contribution in [2.45, 2.75) is 27.3 Å². The lowest BCUT2D eigenvalue weighted by molar-refractivity contribution is 0.0518. The van der Waals surface area contributed by atoms with E-state index in [0.717, 1.165) is 11.1 Å². The van der Waals surface area contributed by atoms with E-state index in [1.54, 1.807) is 19.1 Å². The van der Waals surface area contributed by atoms with Crippen molar-refractivity contribution in [3.05, 3.63) is 87.3 Å². The molecule has 0 saturated carbocycles. The van der Waals surface area contributed by atoms with Crippen molar-refractivity contribution in [1.29, 1.82) is 0 Å². The molecule has 1 N–H and O–H groups in total. The summed E-state index contributed by atoms with van der Waals surface area (Å²) in [6.45, 7) is 6.39. The van der Waals surface area contributed by atoms with E-state index in [0.29, 0.717) is 17.9 Å². The monoisotopic (exact) mass is 377 g/mol. The molecule has 0 unspecified atom stereocenters. The van der Waals surface area contributed by atoms with Crippen molar-refractivity contribution in [1.82, 2.24) is 9.78 Å². The Balaban J connectivity index is 1.97. The third-order valence-corrected chi connectivity index (χ3v) is 4.28. The summed E-state index contributed by atoms with van der Waals surface area (Å²) in [5.74, 6) is -0.574. The van der Waals surface area contributed by atoms with E-state index in [1.165, 1.54) is 16.3 Å². The van der Waals surface area contributed by atoms with E-state index in [-0.39, 0.29) is 17.9 Å². The minimum Gasteiger partial charge on any atom is -0.461 e. The first-order valence-electron chi connectivity index (χ1n) is 9.16. The first-order chi connectivity index (χ1) is 13.5. The average molecular weight is 377 g/mol. The molecule has 0 fully saturated rings. The van der Waals surface area contributed by atoms with Crippen LogP contribution in [0.25, 0.3) is 5.69 Å². The number of hydrogen-bond acceptors (Lipinski definition) is 5. The van der Waals surface area contributed by atoms with Gasteiger partial charge in [0, 0.05) is 12.6 Å². The van der Waals surface area contributed by atoms with Crippen LogP contribution in [-0.2, 0) is 11.3 Å². The van der Waals surface area contributed by atoms with Crippen LogP contribution in [0, 0.1) is 13.8 Å². The summed E-state index contributed by atoms with van der Waals surface area (Å²) in [6, 6.07) is 16.7. The standard InChI is InChI=1S/C22H23N3O3/c1-4-28-22(27)21-19(23-14-17-9-5-15(2)6-10-17)13-20(26)25(24-21)18-11-7-16(3)8-12-18/h5-13,23H,4,14H2,1-3H3. The molecule has 0 aliphatic carbocycles. The first kappa shape index (κ1) is 19.4. The summed E-state index contributed by atoms with van der Waals surface area (Å²) >= 11 is 0. The van der Waals surface area contributed by atoms with E-state index in [1.807, 2.05) is 50.2 Å². The molecule has 0 aliphatic heterocycles. The molecule has 3 aromatic rings. The quantitative estimate of drug-likeness (QED) is 0.664. The highest BCUT2D eigenvalue weighted by Gasteiger charge is 2.18. The van der Waals surface area contributed by atoms with Gasteiger partial charge in [-0.25, -0.2) is 4.79 Å². The van der Waals surface area contributed by atoms with Crippen LogP contribution in [0.3, 0.4) is 0 Å². The predicted molar refractivity (Wildman–Crippen MR) is 109 cm³/mol. The molecule has 1 aromatic heterocycles. The zero-order valence-electron chi connectivity index (χ0n) is 16.2. The number of ether oxygens (including phenoxy) is 1. The van der Waals surface area contributed by atoms with E-state index >= 15 is 0 Å². The molecule has 2 aromatic carbocycles. The normalized spacial score (nSPS) is 10.5. The maximum Gasteiger partial charge on any atom is 0.360 e. The highest BCUT2D eigenvalue weighted by Crippen LogP contribution is 2.16. The number of rotatable bonds is 6. The van der Waals surface area contributed by atoms with Gasteiger partial charge < -0.3 is 10.1 Å². The molecule has 0 amide bonds. The van der Waals surface area contributed by atoms with Crippen LogP contribution in [0.1, 0.15) is 34.1 Å². The lowest BCUT2D eigenvalue weighted by Crippen LogP contribution is -2.25. The van der Waals surface area contributed by atoms with E-state index in [2.05, 4.69) is 10.4 Å². The summed E-state index contributed by atoms with van der Waals surface area (Å²) in [6.07, 6.45) is 0. The number of benzene rings is 2. The van der Waals surface area contributed by atoms with Crippen LogP contribution in [0.2, 0.25) is 0 Å². The van der Waals surface area contributed by atoms with Crippen LogP contribution in [-0.4, -0.2) is 22.4 Å². The molecule has 1 heterocycles. The third kappa shape index (κ3) is 4.46. The summed E-state index contributed by atoms with van der Waals surface area (Å²) in [7, 11) is 0. The minimum atomic E-state index is -0.574. The molecular weight excluding hydrogens is 354 g/mol. The Morgan fingerprint density at radius 3 is 2.25 bits per heavy atom. The summed E-state index contributed by atoms with van der Waals surface area (Å²) in [5, 5.41) is 7.42. The number of hydrogen-bond donors (Lipinski definition) is 1. The fourth-order valence-corrected chi connectivity index (χ4v) is 2.72. The zero-order valence-corrected chi connectivity index (χ0v) is 16.2. The van der Waals surface area contributed by atoms with Crippen LogP contribution in [0.15, 0.2) is 59.4 Å². The molecule has 28 heavy (non-hydrogen) atoms. The van der Waals surface area contributed by atoms with E-state index in [4.69, 9.17) is 4.74 Å². The molecule has 0 saturated heterocycles. The minimum absolute atomic E-state index is 0.0779. The van der Waals surface area contributed by atoms with Crippen molar-refractivity contribution in [3.8, 4) is 5.69 Å². The number of aromatic nitrogens is 2. The van der Waals surface area contributed by atoms with Gasteiger partial charge in [0.2, 0.25) is 0 Å². The Kier molecular flexibility index (Phi) is 5.89. The Bertz CT molecular complexity index is 1020. The van der Waals surface area contributed by atoms with Gasteiger partial charge in [-0.2, -0.15) is 9.78 Å². The largest absolute Gasteiger partial charge is 0.461 e. The van der Waals surface area contributed by atoms with Gasteiger partial charge >= 0.3 is 5.97 Å².